The Morgan fingerprint density at radius 3 is 2.50 bits per heavy atom. The molecule has 1 rings (SSSR count). The highest BCUT2D eigenvalue weighted by atomic mass is 14.1. The van der Waals surface area contributed by atoms with Crippen LogP contribution in [0.3, 0.4) is 0 Å². The van der Waals surface area contributed by atoms with Crippen LogP contribution in [-0.4, -0.2) is 0 Å². The fraction of sp³-hybridized carbons (Fsp3) is 0.286. The molecule has 1 atom stereocenters. The van der Waals surface area contributed by atoms with Crippen molar-refractivity contribution >= 4 is 0 Å². The fourth-order valence-electron chi connectivity index (χ4n) is 1.67. The molecule has 0 bridgehead atoms. The molecule has 0 aromatic heterocycles. The summed E-state index contributed by atoms with van der Waals surface area (Å²) < 4.78 is 0. The number of hydrogen-bond acceptors (Lipinski definition) is 0. The van der Waals surface area contributed by atoms with E-state index in [4.69, 9.17) is 0 Å². The van der Waals surface area contributed by atoms with Gasteiger partial charge in [-0.25, -0.2) is 0 Å². The second-order valence-corrected chi connectivity index (χ2v) is 3.68. The Morgan fingerprint density at radius 2 is 2.00 bits per heavy atom. The number of benzene rings is 1. The van der Waals surface area contributed by atoms with Crippen molar-refractivity contribution in [3.8, 4) is 0 Å². The summed E-state index contributed by atoms with van der Waals surface area (Å²) in [7, 11) is 0. The van der Waals surface area contributed by atoms with Crippen LogP contribution in [0.25, 0.3) is 0 Å². The normalized spacial score (nSPS) is 12.1. The number of allylic oxidation sites excluding steroid dienone is 2. The first-order chi connectivity index (χ1) is 6.75. The summed E-state index contributed by atoms with van der Waals surface area (Å²) in [6.07, 6.45) is 4.13. The molecule has 1 aromatic rings. The topological polar surface area (TPSA) is 0 Å². The molecule has 0 aliphatic rings. The molecular weight excluding hydrogens is 168 g/mol. The van der Waals surface area contributed by atoms with Gasteiger partial charge in [-0.1, -0.05) is 48.6 Å². The van der Waals surface area contributed by atoms with E-state index in [1.54, 1.807) is 0 Å². The predicted octanol–water partition coefficient (Wildman–Crippen LogP) is 4.31. The largest absolute Gasteiger partial charge is 0.103 e. The first-order valence-electron chi connectivity index (χ1n) is 5.07. The molecule has 0 aliphatic heterocycles. The van der Waals surface area contributed by atoms with Crippen LogP contribution in [0.2, 0.25) is 0 Å². The molecule has 0 heteroatoms. The van der Waals surface area contributed by atoms with E-state index in [1.165, 1.54) is 11.1 Å². The smallest absolute Gasteiger partial charge is 0.00456 e. The molecule has 0 N–H and O–H groups in total. The van der Waals surface area contributed by atoms with E-state index in [9.17, 15) is 0 Å². The molecule has 1 aromatic carbocycles. The van der Waals surface area contributed by atoms with Crippen molar-refractivity contribution in [2.75, 3.05) is 0 Å². The summed E-state index contributed by atoms with van der Waals surface area (Å²) in [6, 6.07) is 10.6. The lowest BCUT2D eigenvalue weighted by Gasteiger charge is -2.16. The minimum absolute atomic E-state index is 0.481. The molecule has 1 unspecified atom stereocenters. The van der Waals surface area contributed by atoms with Gasteiger partial charge in [0.05, 0.1) is 0 Å². The van der Waals surface area contributed by atoms with E-state index in [1.807, 2.05) is 12.1 Å². The molecule has 0 fully saturated rings. The van der Waals surface area contributed by atoms with Crippen molar-refractivity contribution in [3.63, 3.8) is 0 Å². The summed E-state index contributed by atoms with van der Waals surface area (Å²) in [5.74, 6) is 0.481. The summed E-state index contributed by atoms with van der Waals surface area (Å²) in [4.78, 5) is 0. The molecule has 0 saturated carbocycles. The average Bonchev–Trinajstić information content (AvgIpc) is 2.19. The van der Waals surface area contributed by atoms with Crippen molar-refractivity contribution in [1.29, 1.82) is 0 Å². The van der Waals surface area contributed by atoms with Crippen LogP contribution >= 0.6 is 0 Å². The monoisotopic (exact) mass is 186 g/mol. The van der Waals surface area contributed by atoms with E-state index >= 15 is 0 Å². The minimum Gasteiger partial charge on any atom is -0.103 e. The quantitative estimate of drug-likeness (QED) is 0.601. The van der Waals surface area contributed by atoms with E-state index in [2.05, 4.69) is 44.3 Å². The Labute approximate surface area is 87.0 Å². The highest BCUT2D eigenvalue weighted by Crippen LogP contribution is 2.27. The molecule has 0 aliphatic carbocycles. The lowest BCUT2D eigenvalue weighted by Crippen LogP contribution is -1.98. The second-order valence-electron chi connectivity index (χ2n) is 3.68. The van der Waals surface area contributed by atoms with E-state index in [0.29, 0.717) is 5.92 Å². The molecule has 0 radical (unpaired) electrons. The summed E-state index contributed by atoms with van der Waals surface area (Å²) in [5.41, 5.74) is 2.60. The second kappa shape index (κ2) is 5.43. The van der Waals surface area contributed by atoms with Gasteiger partial charge in [-0.2, -0.15) is 0 Å². The Balaban J connectivity index is 2.78. The van der Waals surface area contributed by atoms with Crippen molar-refractivity contribution in [1.82, 2.24) is 0 Å². The minimum atomic E-state index is 0.481. The third kappa shape index (κ3) is 2.88. The molecule has 0 nitrogen and oxygen atoms in total. The van der Waals surface area contributed by atoms with Gasteiger partial charge in [0, 0.05) is 5.92 Å². The van der Waals surface area contributed by atoms with Gasteiger partial charge in [-0.15, -0.1) is 6.58 Å². The van der Waals surface area contributed by atoms with Gasteiger partial charge in [-0.05, 0) is 25.3 Å². The molecule has 0 amide bonds. The molecule has 14 heavy (non-hydrogen) atoms. The fourth-order valence-corrected chi connectivity index (χ4v) is 1.67. The molecular formula is C14H18. The van der Waals surface area contributed by atoms with E-state index < -0.39 is 0 Å². The highest BCUT2D eigenvalue weighted by Gasteiger charge is 2.10. The van der Waals surface area contributed by atoms with Crippen molar-refractivity contribution in [2.24, 2.45) is 0 Å². The van der Waals surface area contributed by atoms with Gasteiger partial charge in [-0.3, -0.25) is 0 Å². The van der Waals surface area contributed by atoms with Crippen LogP contribution in [0.4, 0.5) is 0 Å². The zero-order valence-corrected chi connectivity index (χ0v) is 8.87. The number of hydrogen-bond donors (Lipinski definition) is 0. The van der Waals surface area contributed by atoms with Gasteiger partial charge in [0.25, 0.3) is 0 Å². The molecule has 0 heterocycles. The Bertz CT molecular complexity index is 295. The van der Waals surface area contributed by atoms with Gasteiger partial charge in [0.1, 0.15) is 0 Å². The highest BCUT2D eigenvalue weighted by molar-refractivity contribution is 5.26. The van der Waals surface area contributed by atoms with Crippen molar-refractivity contribution < 1.29 is 0 Å². The standard InChI is InChI=1S/C14H18/c1-4-5-11-14(12(2)3)13-9-7-6-8-10-13/h4,6-10,14H,1-2,5,11H2,3H3. The average molecular weight is 186 g/mol. The summed E-state index contributed by atoms with van der Waals surface area (Å²) in [5, 5.41) is 0. The first kappa shape index (κ1) is 10.8. The third-order valence-electron chi connectivity index (χ3n) is 2.46. The van der Waals surface area contributed by atoms with Gasteiger partial charge in [0.15, 0.2) is 0 Å². The maximum Gasteiger partial charge on any atom is 0.00456 e. The first-order valence-corrected chi connectivity index (χ1v) is 5.07. The zero-order chi connectivity index (χ0) is 10.4. The molecule has 0 saturated heterocycles. The van der Waals surface area contributed by atoms with Crippen LogP contribution in [0.1, 0.15) is 31.2 Å². The Morgan fingerprint density at radius 1 is 1.36 bits per heavy atom. The number of rotatable bonds is 5. The van der Waals surface area contributed by atoms with Crippen molar-refractivity contribution in [2.45, 2.75) is 25.7 Å². The summed E-state index contributed by atoms with van der Waals surface area (Å²) >= 11 is 0. The lowest BCUT2D eigenvalue weighted by molar-refractivity contribution is 0.717. The SMILES string of the molecule is C=CCCC(C(=C)C)c1ccccc1. The van der Waals surface area contributed by atoms with Crippen LogP contribution < -0.4 is 0 Å². The maximum absolute atomic E-state index is 4.05. The van der Waals surface area contributed by atoms with E-state index in [-0.39, 0.29) is 0 Å². The molecule has 0 spiro atoms. The van der Waals surface area contributed by atoms with Crippen LogP contribution in [0.15, 0.2) is 55.1 Å². The van der Waals surface area contributed by atoms with Crippen LogP contribution in [0, 0.1) is 0 Å². The Kier molecular flexibility index (Phi) is 4.18. The lowest BCUT2D eigenvalue weighted by atomic mass is 9.89. The van der Waals surface area contributed by atoms with Crippen LogP contribution in [-0.2, 0) is 0 Å². The van der Waals surface area contributed by atoms with Crippen LogP contribution in [0.5, 0.6) is 0 Å². The molecule has 74 valence electrons. The van der Waals surface area contributed by atoms with Gasteiger partial charge >= 0.3 is 0 Å². The van der Waals surface area contributed by atoms with Gasteiger partial charge in [0.2, 0.25) is 0 Å². The van der Waals surface area contributed by atoms with E-state index in [0.717, 1.165) is 12.8 Å². The third-order valence-corrected chi connectivity index (χ3v) is 2.46. The summed E-state index contributed by atoms with van der Waals surface area (Å²) in [6.45, 7) is 9.90. The van der Waals surface area contributed by atoms with Crippen molar-refractivity contribution in [3.05, 3.63) is 60.7 Å². The maximum atomic E-state index is 4.05. The predicted molar refractivity (Wildman–Crippen MR) is 63.4 cm³/mol. The zero-order valence-electron chi connectivity index (χ0n) is 8.87. The van der Waals surface area contributed by atoms with Gasteiger partial charge < -0.3 is 0 Å². The Hall–Kier alpha value is -1.30.